The van der Waals surface area contributed by atoms with Gasteiger partial charge < -0.3 is 25.2 Å². The lowest BCUT2D eigenvalue weighted by Crippen LogP contribution is -2.50. The number of likely N-dealkylation sites (tertiary alicyclic amines) is 1. The maximum Gasteiger partial charge on any atom is 0.409 e. The average molecular weight is 391 g/mol. The van der Waals surface area contributed by atoms with Gasteiger partial charge in [-0.1, -0.05) is 31.2 Å². The Kier molecular flexibility index (Phi) is 8.57. The number of rotatable bonds is 7. The Morgan fingerprint density at radius 1 is 1.18 bits per heavy atom. The second kappa shape index (κ2) is 10.9. The molecule has 1 aromatic carbocycles. The number of piperidine rings is 1. The highest BCUT2D eigenvalue weighted by atomic mass is 16.6. The first-order valence-electron chi connectivity index (χ1n) is 10.2. The van der Waals surface area contributed by atoms with Gasteiger partial charge in [0.2, 0.25) is 0 Å². The van der Waals surface area contributed by atoms with Gasteiger partial charge in [-0.15, -0.1) is 0 Å². The first kappa shape index (κ1) is 22.0. The molecule has 0 radical (unpaired) electrons. The summed E-state index contributed by atoms with van der Waals surface area (Å²) in [6, 6.07) is 8.58. The fraction of sp³-hybridized carbons (Fsp3) is 0.619. The van der Waals surface area contributed by atoms with E-state index in [9.17, 15) is 9.59 Å². The van der Waals surface area contributed by atoms with E-state index < -0.39 is 0 Å². The van der Waals surface area contributed by atoms with Gasteiger partial charge in [0, 0.05) is 25.7 Å². The third-order valence-electron chi connectivity index (χ3n) is 5.21. The van der Waals surface area contributed by atoms with Crippen LogP contribution in [0.2, 0.25) is 0 Å². The molecule has 28 heavy (non-hydrogen) atoms. The molecule has 0 spiro atoms. The standard InChI is InChI=1S/C21H34N4O3/c1-5-16-7-9-17(10-8-16)19(24(3)4)15-22-20(26)23-18-11-13-25(14-12-18)21(27)28-6-2/h7-10,18-19H,5-6,11-15H2,1-4H3,(H2,22,23,26). The number of carbonyl (C=O) groups is 2. The molecule has 1 heterocycles. The van der Waals surface area contributed by atoms with Gasteiger partial charge in [0.25, 0.3) is 0 Å². The van der Waals surface area contributed by atoms with Crippen LogP contribution < -0.4 is 10.6 Å². The maximum atomic E-state index is 12.3. The van der Waals surface area contributed by atoms with Gasteiger partial charge in [0.15, 0.2) is 0 Å². The fourth-order valence-corrected chi connectivity index (χ4v) is 3.42. The molecule has 2 N–H and O–H groups in total. The summed E-state index contributed by atoms with van der Waals surface area (Å²) < 4.78 is 5.02. The quantitative estimate of drug-likeness (QED) is 0.751. The van der Waals surface area contributed by atoms with Crippen LogP contribution in [0.1, 0.15) is 43.9 Å². The Morgan fingerprint density at radius 3 is 2.36 bits per heavy atom. The number of amides is 3. The SMILES string of the molecule is CCOC(=O)N1CCC(NC(=O)NCC(c2ccc(CC)cc2)N(C)C)CC1. The summed E-state index contributed by atoms with van der Waals surface area (Å²) in [7, 11) is 4.03. The van der Waals surface area contributed by atoms with E-state index in [0.29, 0.717) is 26.2 Å². The Bertz CT molecular complexity index is 625. The number of hydrogen-bond donors (Lipinski definition) is 2. The molecule has 1 atom stereocenters. The van der Waals surface area contributed by atoms with Crippen molar-refractivity contribution in [2.24, 2.45) is 0 Å². The highest BCUT2D eigenvalue weighted by molar-refractivity contribution is 5.74. The first-order chi connectivity index (χ1) is 13.4. The van der Waals surface area contributed by atoms with E-state index in [-0.39, 0.29) is 24.2 Å². The summed E-state index contributed by atoms with van der Waals surface area (Å²) in [4.78, 5) is 27.9. The number of carbonyl (C=O) groups excluding carboxylic acids is 2. The van der Waals surface area contributed by atoms with Crippen molar-refractivity contribution in [3.8, 4) is 0 Å². The van der Waals surface area contributed by atoms with Crippen LogP contribution in [-0.4, -0.2) is 68.3 Å². The second-order valence-corrected chi connectivity index (χ2v) is 7.39. The molecule has 1 aliphatic rings. The van der Waals surface area contributed by atoms with Crippen molar-refractivity contribution in [2.45, 2.75) is 45.2 Å². The normalized spacial score (nSPS) is 16.0. The lowest BCUT2D eigenvalue weighted by atomic mass is 10.0. The summed E-state index contributed by atoms with van der Waals surface area (Å²) >= 11 is 0. The van der Waals surface area contributed by atoms with E-state index in [0.717, 1.165) is 19.3 Å². The molecular weight excluding hydrogens is 356 g/mol. The average Bonchev–Trinajstić information content (AvgIpc) is 2.69. The number of hydrogen-bond acceptors (Lipinski definition) is 4. The van der Waals surface area contributed by atoms with Crippen LogP contribution in [0.25, 0.3) is 0 Å². The van der Waals surface area contributed by atoms with E-state index in [1.165, 1.54) is 11.1 Å². The van der Waals surface area contributed by atoms with Crippen molar-refractivity contribution in [1.82, 2.24) is 20.4 Å². The van der Waals surface area contributed by atoms with Crippen LogP contribution in [0, 0.1) is 0 Å². The topological polar surface area (TPSA) is 73.9 Å². The largest absolute Gasteiger partial charge is 0.450 e. The third-order valence-corrected chi connectivity index (χ3v) is 5.21. The highest BCUT2D eigenvalue weighted by Crippen LogP contribution is 2.18. The zero-order valence-electron chi connectivity index (χ0n) is 17.5. The van der Waals surface area contributed by atoms with Crippen LogP contribution in [0.5, 0.6) is 0 Å². The maximum absolute atomic E-state index is 12.3. The Labute approximate surface area is 168 Å². The van der Waals surface area contributed by atoms with E-state index in [1.54, 1.807) is 11.8 Å². The summed E-state index contributed by atoms with van der Waals surface area (Å²) in [5, 5.41) is 6.02. The molecular formula is C21H34N4O3. The summed E-state index contributed by atoms with van der Waals surface area (Å²) in [6.45, 7) is 6.07. The molecule has 1 unspecified atom stereocenters. The zero-order valence-corrected chi connectivity index (χ0v) is 17.5. The molecule has 1 aromatic rings. The van der Waals surface area contributed by atoms with Gasteiger partial charge in [-0.2, -0.15) is 0 Å². The molecule has 0 bridgehead atoms. The van der Waals surface area contributed by atoms with Crippen LogP contribution >= 0.6 is 0 Å². The predicted molar refractivity (Wildman–Crippen MR) is 110 cm³/mol. The number of aryl methyl sites for hydroxylation is 1. The molecule has 7 heteroatoms. The van der Waals surface area contributed by atoms with Gasteiger partial charge in [0.1, 0.15) is 0 Å². The molecule has 3 amide bonds. The minimum Gasteiger partial charge on any atom is -0.450 e. The van der Waals surface area contributed by atoms with Gasteiger partial charge in [0.05, 0.1) is 12.6 Å². The molecule has 1 saturated heterocycles. The smallest absolute Gasteiger partial charge is 0.409 e. The van der Waals surface area contributed by atoms with Gasteiger partial charge >= 0.3 is 12.1 Å². The van der Waals surface area contributed by atoms with Crippen LogP contribution in [0.4, 0.5) is 9.59 Å². The van der Waals surface area contributed by atoms with Crippen molar-refractivity contribution in [1.29, 1.82) is 0 Å². The molecule has 0 aliphatic carbocycles. The second-order valence-electron chi connectivity index (χ2n) is 7.39. The summed E-state index contributed by atoms with van der Waals surface area (Å²) in [5.74, 6) is 0. The minimum absolute atomic E-state index is 0.0762. The third kappa shape index (κ3) is 6.41. The number of nitrogens with one attached hydrogen (secondary N) is 2. The van der Waals surface area contributed by atoms with Gasteiger partial charge in [-0.05, 0) is 51.4 Å². The van der Waals surface area contributed by atoms with E-state index in [4.69, 9.17) is 4.74 Å². The van der Waals surface area contributed by atoms with Gasteiger partial charge in [-0.3, -0.25) is 0 Å². The number of benzene rings is 1. The molecule has 156 valence electrons. The number of urea groups is 1. The number of likely N-dealkylation sites (N-methyl/N-ethyl adjacent to an activating group) is 1. The van der Waals surface area contributed by atoms with E-state index >= 15 is 0 Å². The summed E-state index contributed by atoms with van der Waals surface area (Å²) in [6.07, 6.45) is 2.22. The molecule has 0 aromatic heterocycles. The highest BCUT2D eigenvalue weighted by Gasteiger charge is 2.25. The van der Waals surface area contributed by atoms with E-state index in [1.807, 2.05) is 14.1 Å². The number of nitrogens with zero attached hydrogens (tertiary/aromatic N) is 2. The van der Waals surface area contributed by atoms with Crippen LogP contribution in [0.3, 0.4) is 0 Å². The molecule has 0 saturated carbocycles. The van der Waals surface area contributed by atoms with Crippen molar-refractivity contribution in [3.63, 3.8) is 0 Å². The Morgan fingerprint density at radius 2 is 1.82 bits per heavy atom. The Hall–Kier alpha value is -2.28. The van der Waals surface area contributed by atoms with E-state index in [2.05, 4.69) is 46.7 Å². The number of ether oxygens (including phenoxy) is 1. The lowest BCUT2D eigenvalue weighted by Gasteiger charge is -2.32. The van der Waals surface area contributed by atoms with Crippen molar-refractivity contribution in [3.05, 3.63) is 35.4 Å². The van der Waals surface area contributed by atoms with Crippen LogP contribution in [-0.2, 0) is 11.2 Å². The lowest BCUT2D eigenvalue weighted by molar-refractivity contribution is 0.0957. The molecule has 1 aliphatic heterocycles. The molecule has 7 nitrogen and oxygen atoms in total. The monoisotopic (exact) mass is 390 g/mol. The van der Waals surface area contributed by atoms with Crippen molar-refractivity contribution < 1.29 is 14.3 Å². The summed E-state index contributed by atoms with van der Waals surface area (Å²) in [5.41, 5.74) is 2.49. The predicted octanol–water partition coefficient (Wildman–Crippen LogP) is 2.77. The molecule has 1 fully saturated rings. The molecule has 2 rings (SSSR count). The fourth-order valence-electron chi connectivity index (χ4n) is 3.42. The first-order valence-corrected chi connectivity index (χ1v) is 10.2. The van der Waals surface area contributed by atoms with Crippen molar-refractivity contribution >= 4 is 12.1 Å². The zero-order chi connectivity index (χ0) is 20.5. The Balaban J connectivity index is 1.79. The van der Waals surface area contributed by atoms with Gasteiger partial charge in [-0.25, -0.2) is 9.59 Å². The van der Waals surface area contributed by atoms with Crippen molar-refractivity contribution in [2.75, 3.05) is 40.3 Å². The minimum atomic E-state index is -0.270. The van der Waals surface area contributed by atoms with Crippen LogP contribution in [0.15, 0.2) is 24.3 Å².